The maximum absolute atomic E-state index is 9.19. The summed E-state index contributed by atoms with van der Waals surface area (Å²) in [6, 6.07) is 0. The van der Waals surface area contributed by atoms with E-state index in [1.54, 1.807) is 0 Å². The van der Waals surface area contributed by atoms with Crippen LogP contribution in [-0.2, 0) is 0 Å². The van der Waals surface area contributed by atoms with Crippen LogP contribution < -0.4 is 9.80 Å². The number of hydrogen-bond acceptors (Lipinski definition) is 6. The number of hydrogen-bond donors (Lipinski definition) is 1. The van der Waals surface area contributed by atoms with Crippen molar-refractivity contribution in [1.29, 1.82) is 0 Å². The molecule has 2 heterocycles. The van der Waals surface area contributed by atoms with Crippen molar-refractivity contribution in [3.63, 3.8) is 0 Å². The van der Waals surface area contributed by atoms with E-state index in [1.807, 2.05) is 4.90 Å². The van der Waals surface area contributed by atoms with E-state index in [0.717, 1.165) is 45.3 Å². The fourth-order valence-corrected chi connectivity index (χ4v) is 2.46. The topological polar surface area (TPSA) is 65.4 Å². The SMILES string of the molecule is CCCCN(CCO)c1nc(Cl)nc(N2CCCC2)n1. The van der Waals surface area contributed by atoms with Crippen LogP contribution in [0.1, 0.15) is 32.6 Å². The van der Waals surface area contributed by atoms with Gasteiger partial charge in [-0.1, -0.05) is 13.3 Å². The molecule has 0 bridgehead atoms. The van der Waals surface area contributed by atoms with Crippen LogP contribution in [0.25, 0.3) is 0 Å². The Kier molecular flexibility index (Phi) is 5.79. The molecule has 7 heteroatoms. The number of nitrogens with zero attached hydrogens (tertiary/aromatic N) is 5. The molecule has 0 amide bonds. The fourth-order valence-electron chi connectivity index (χ4n) is 2.31. The van der Waals surface area contributed by atoms with Crippen molar-refractivity contribution in [2.45, 2.75) is 32.6 Å². The van der Waals surface area contributed by atoms with Crippen molar-refractivity contribution in [3.05, 3.63) is 5.28 Å². The first-order chi connectivity index (χ1) is 9.74. The molecule has 1 aromatic heterocycles. The Morgan fingerprint density at radius 3 is 2.60 bits per heavy atom. The molecule has 0 aliphatic carbocycles. The second-order valence-electron chi connectivity index (χ2n) is 4.96. The van der Waals surface area contributed by atoms with E-state index in [9.17, 15) is 5.11 Å². The first-order valence-electron chi connectivity index (χ1n) is 7.27. The minimum Gasteiger partial charge on any atom is -0.395 e. The van der Waals surface area contributed by atoms with Crippen molar-refractivity contribution < 1.29 is 5.11 Å². The van der Waals surface area contributed by atoms with E-state index in [-0.39, 0.29) is 11.9 Å². The Labute approximate surface area is 124 Å². The lowest BCUT2D eigenvalue weighted by molar-refractivity contribution is 0.301. The molecule has 0 unspecified atom stereocenters. The van der Waals surface area contributed by atoms with E-state index in [2.05, 4.69) is 26.8 Å². The monoisotopic (exact) mass is 299 g/mol. The van der Waals surface area contributed by atoms with Crippen LogP contribution in [0.4, 0.5) is 11.9 Å². The van der Waals surface area contributed by atoms with Crippen molar-refractivity contribution in [2.75, 3.05) is 42.6 Å². The molecule has 1 aromatic rings. The molecule has 1 saturated heterocycles. The summed E-state index contributed by atoms with van der Waals surface area (Å²) in [4.78, 5) is 17.1. The molecule has 0 aromatic carbocycles. The van der Waals surface area contributed by atoms with E-state index in [4.69, 9.17) is 11.6 Å². The first kappa shape index (κ1) is 15.3. The Bertz CT molecular complexity index is 425. The third-order valence-electron chi connectivity index (χ3n) is 3.41. The van der Waals surface area contributed by atoms with E-state index >= 15 is 0 Å². The predicted molar refractivity (Wildman–Crippen MR) is 80.5 cm³/mol. The summed E-state index contributed by atoms with van der Waals surface area (Å²) in [7, 11) is 0. The minimum atomic E-state index is 0.0755. The zero-order valence-electron chi connectivity index (χ0n) is 11.9. The van der Waals surface area contributed by atoms with Gasteiger partial charge in [0.25, 0.3) is 0 Å². The highest BCUT2D eigenvalue weighted by atomic mass is 35.5. The van der Waals surface area contributed by atoms with Crippen molar-refractivity contribution in [3.8, 4) is 0 Å². The molecule has 6 nitrogen and oxygen atoms in total. The van der Waals surface area contributed by atoms with Gasteiger partial charge in [0.15, 0.2) is 0 Å². The van der Waals surface area contributed by atoms with Crippen molar-refractivity contribution >= 4 is 23.5 Å². The molecule has 1 aliphatic rings. The lowest BCUT2D eigenvalue weighted by Gasteiger charge is -2.23. The molecule has 0 saturated carbocycles. The summed E-state index contributed by atoms with van der Waals surface area (Å²) < 4.78 is 0. The number of rotatable bonds is 7. The number of unbranched alkanes of at least 4 members (excludes halogenated alkanes) is 1. The molecule has 20 heavy (non-hydrogen) atoms. The second kappa shape index (κ2) is 7.59. The standard InChI is InChI=1S/C13H22ClN5O/c1-2-3-6-19(9-10-20)13-16-11(14)15-12(17-13)18-7-4-5-8-18/h20H,2-10H2,1H3. The molecule has 0 atom stereocenters. The van der Waals surface area contributed by atoms with E-state index < -0.39 is 0 Å². The van der Waals surface area contributed by atoms with Gasteiger partial charge in [-0.15, -0.1) is 0 Å². The lowest BCUT2D eigenvalue weighted by Crippen LogP contribution is -2.31. The molecular weight excluding hydrogens is 278 g/mol. The third-order valence-corrected chi connectivity index (χ3v) is 3.58. The molecule has 1 N–H and O–H groups in total. The smallest absolute Gasteiger partial charge is 0.231 e. The van der Waals surface area contributed by atoms with Crippen LogP contribution >= 0.6 is 11.6 Å². The summed E-state index contributed by atoms with van der Waals surface area (Å²) in [5.74, 6) is 1.21. The van der Waals surface area contributed by atoms with Crippen molar-refractivity contribution in [1.82, 2.24) is 15.0 Å². The molecule has 2 rings (SSSR count). The molecule has 1 aliphatic heterocycles. The van der Waals surface area contributed by atoms with Crippen LogP contribution in [0.5, 0.6) is 0 Å². The Morgan fingerprint density at radius 2 is 1.95 bits per heavy atom. The highest BCUT2D eigenvalue weighted by Crippen LogP contribution is 2.20. The van der Waals surface area contributed by atoms with Gasteiger partial charge in [0, 0.05) is 26.2 Å². The zero-order chi connectivity index (χ0) is 14.4. The van der Waals surface area contributed by atoms with Crippen LogP contribution in [0, 0.1) is 0 Å². The molecule has 112 valence electrons. The first-order valence-corrected chi connectivity index (χ1v) is 7.64. The largest absolute Gasteiger partial charge is 0.395 e. The van der Waals surface area contributed by atoms with E-state index in [1.165, 1.54) is 0 Å². The average Bonchev–Trinajstić information content (AvgIpc) is 2.97. The number of aliphatic hydroxyl groups is 1. The zero-order valence-corrected chi connectivity index (χ0v) is 12.7. The quantitative estimate of drug-likeness (QED) is 0.827. The summed E-state index contributed by atoms with van der Waals surface area (Å²) in [6.07, 6.45) is 4.44. The summed E-state index contributed by atoms with van der Waals surface area (Å²) >= 11 is 6.03. The van der Waals surface area contributed by atoms with Gasteiger partial charge in [-0.2, -0.15) is 15.0 Å². The highest BCUT2D eigenvalue weighted by molar-refractivity contribution is 6.28. The average molecular weight is 300 g/mol. The number of anilines is 2. The maximum Gasteiger partial charge on any atom is 0.231 e. The second-order valence-corrected chi connectivity index (χ2v) is 5.30. The number of aliphatic hydroxyl groups excluding tert-OH is 1. The molecule has 0 spiro atoms. The predicted octanol–water partition coefficient (Wildman–Crippen LogP) is 1.72. The number of aromatic nitrogens is 3. The molecule has 0 radical (unpaired) electrons. The Hall–Kier alpha value is -1.14. The molecule has 1 fully saturated rings. The van der Waals surface area contributed by atoms with Gasteiger partial charge in [0.1, 0.15) is 0 Å². The van der Waals surface area contributed by atoms with Gasteiger partial charge >= 0.3 is 0 Å². The van der Waals surface area contributed by atoms with Crippen LogP contribution in [0.2, 0.25) is 5.28 Å². The van der Waals surface area contributed by atoms with Crippen LogP contribution in [0.3, 0.4) is 0 Å². The summed E-state index contributed by atoms with van der Waals surface area (Å²) in [6.45, 7) is 5.47. The fraction of sp³-hybridized carbons (Fsp3) is 0.769. The van der Waals surface area contributed by atoms with Gasteiger partial charge in [-0.05, 0) is 30.9 Å². The van der Waals surface area contributed by atoms with E-state index in [0.29, 0.717) is 18.4 Å². The van der Waals surface area contributed by atoms with Gasteiger partial charge in [0.2, 0.25) is 17.2 Å². The molecular formula is C13H22ClN5O. The van der Waals surface area contributed by atoms with Crippen LogP contribution in [-0.4, -0.2) is 52.8 Å². The Morgan fingerprint density at radius 1 is 1.20 bits per heavy atom. The number of halogens is 1. The minimum absolute atomic E-state index is 0.0755. The van der Waals surface area contributed by atoms with Gasteiger partial charge < -0.3 is 14.9 Å². The van der Waals surface area contributed by atoms with Crippen LogP contribution in [0.15, 0.2) is 0 Å². The van der Waals surface area contributed by atoms with Gasteiger partial charge in [0.05, 0.1) is 6.61 Å². The van der Waals surface area contributed by atoms with Gasteiger partial charge in [-0.3, -0.25) is 0 Å². The lowest BCUT2D eigenvalue weighted by atomic mass is 10.3. The normalized spacial score (nSPS) is 14.8. The van der Waals surface area contributed by atoms with Crippen molar-refractivity contribution in [2.24, 2.45) is 0 Å². The third kappa shape index (κ3) is 3.93. The summed E-state index contributed by atoms with van der Waals surface area (Å²) in [5, 5.41) is 9.41. The highest BCUT2D eigenvalue weighted by Gasteiger charge is 2.19. The maximum atomic E-state index is 9.19. The Balaban J connectivity index is 2.19. The summed E-state index contributed by atoms with van der Waals surface area (Å²) in [5.41, 5.74) is 0. The van der Waals surface area contributed by atoms with Gasteiger partial charge in [-0.25, -0.2) is 0 Å².